The molecule has 6 atom stereocenters. The molecule has 12 heteroatoms. The Balaban J connectivity index is 1.34. The zero-order chi connectivity index (χ0) is 37.2. The van der Waals surface area contributed by atoms with Crippen molar-refractivity contribution in [3.05, 3.63) is 134 Å². The number of hydrogen-bond acceptors (Lipinski definition) is 8. The van der Waals surface area contributed by atoms with Crippen molar-refractivity contribution in [3.63, 3.8) is 0 Å². The van der Waals surface area contributed by atoms with Gasteiger partial charge in [0.15, 0.2) is 0 Å². The van der Waals surface area contributed by atoms with E-state index in [1.54, 1.807) is 61.7 Å². The van der Waals surface area contributed by atoms with Crippen LogP contribution in [0.2, 0.25) is 10.0 Å². The number of aromatic hydroxyl groups is 1. The molecular formula is C41H35Cl2N3O6S. The van der Waals surface area contributed by atoms with E-state index in [4.69, 9.17) is 27.9 Å². The van der Waals surface area contributed by atoms with Gasteiger partial charge >= 0.3 is 0 Å². The molecule has 4 aliphatic rings. The maximum Gasteiger partial charge on any atom is 0.260 e. The van der Waals surface area contributed by atoms with Crippen LogP contribution in [0.15, 0.2) is 102 Å². The Morgan fingerprint density at radius 3 is 2.49 bits per heavy atom. The third-order valence-electron chi connectivity index (χ3n) is 11.4. The third-order valence-corrected chi connectivity index (χ3v) is 12.8. The molecule has 2 aliphatic carbocycles. The van der Waals surface area contributed by atoms with Crippen molar-refractivity contribution < 1.29 is 29.0 Å². The van der Waals surface area contributed by atoms with E-state index in [0.717, 1.165) is 15.5 Å². The monoisotopic (exact) mass is 767 g/mol. The van der Waals surface area contributed by atoms with Crippen LogP contribution in [0.4, 0.5) is 5.69 Å². The maximum absolute atomic E-state index is 15.5. The van der Waals surface area contributed by atoms with Crippen LogP contribution in [-0.4, -0.2) is 45.8 Å². The Kier molecular flexibility index (Phi) is 8.95. The van der Waals surface area contributed by atoms with Crippen LogP contribution in [0.25, 0.3) is 0 Å². The van der Waals surface area contributed by atoms with Crippen molar-refractivity contribution in [1.82, 2.24) is 9.91 Å². The number of ether oxygens (including phenoxy) is 1. The largest absolute Gasteiger partial charge is 0.507 e. The Labute approximate surface area is 320 Å². The molecule has 53 heavy (non-hydrogen) atoms. The van der Waals surface area contributed by atoms with E-state index in [9.17, 15) is 19.5 Å². The highest BCUT2D eigenvalue weighted by molar-refractivity contribution is 7.09. The average molecular weight is 769 g/mol. The van der Waals surface area contributed by atoms with Gasteiger partial charge in [0.2, 0.25) is 11.8 Å². The summed E-state index contributed by atoms with van der Waals surface area (Å²) in [5, 5.41) is 15.5. The number of nitrogens with one attached hydrogen (secondary N) is 1. The number of fused-ring (bicyclic) bond motifs is 4. The van der Waals surface area contributed by atoms with Crippen molar-refractivity contribution in [3.8, 4) is 11.5 Å². The topological polar surface area (TPSA) is 116 Å². The molecular weight excluding hydrogens is 733 g/mol. The number of halogens is 2. The number of hydrogen-bond donors (Lipinski definition) is 2. The minimum atomic E-state index is -1.59. The second kappa shape index (κ2) is 13.5. The summed E-state index contributed by atoms with van der Waals surface area (Å²) in [6.07, 6.45) is 4.41. The summed E-state index contributed by atoms with van der Waals surface area (Å²) in [6.45, 7) is 4.04. The lowest BCUT2D eigenvalue weighted by Crippen LogP contribution is -2.53. The SMILES string of the molecule is C=CCc1cccc(C2C3=CCC4C(=O)N(Cc5cccs5)C(=O)C4C3CC3C(=O)N(Nc4ccc(Cl)cc4Cl)C(=O)C32c2ccc(OC)cc2)c1O. The zero-order valence-electron chi connectivity index (χ0n) is 28.6. The smallest absolute Gasteiger partial charge is 0.260 e. The Morgan fingerprint density at radius 2 is 1.79 bits per heavy atom. The van der Waals surface area contributed by atoms with E-state index in [1.165, 1.54) is 22.3 Å². The summed E-state index contributed by atoms with van der Waals surface area (Å²) in [5.74, 6) is -4.88. The number of likely N-dealkylation sites (tertiary alicyclic amines) is 1. The summed E-state index contributed by atoms with van der Waals surface area (Å²) in [5.41, 5.74) is 4.04. The lowest BCUT2D eigenvalue weighted by Gasteiger charge is -2.50. The first kappa shape index (κ1) is 35.1. The number of thiophene rings is 1. The number of methoxy groups -OCH3 is 1. The number of imide groups is 2. The van der Waals surface area contributed by atoms with Crippen LogP contribution in [0, 0.1) is 23.7 Å². The van der Waals surface area contributed by atoms with Gasteiger partial charge in [-0.3, -0.25) is 29.5 Å². The molecule has 3 aromatic carbocycles. The molecule has 8 rings (SSSR count). The maximum atomic E-state index is 15.5. The minimum Gasteiger partial charge on any atom is -0.507 e. The van der Waals surface area contributed by atoms with Gasteiger partial charge in [-0.2, -0.15) is 5.01 Å². The normalized spacial score (nSPS) is 26.2. The van der Waals surface area contributed by atoms with Gasteiger partial charge in [0.1, 0.15) is 11.5 Å². The van der Waals surface area contributed by atoms with E-state index < -0.39 is 46.8 Å². The molecule has 4 aromatic rings. The fourth-order valence-electron chi connectivity index (χ4n) is 9.13. The van der Waals surface area contributed by atoms with Gasteiger partial charge in [0.05, 0.1) is 47.5 Å². The number of allylic oxidation sites excluding steroid dienone is 3. The Morgan fingerprint density at radius 1 is 1.00 bits per heavy atom. The molecule has 3 fully saturated rings. The van der Waals surface area contributed by atoms with Crippen molar-refractivity contribution in [1.29, 1.82) is 0 Å². The van der Waals surface area contributed by atoms with Gasteiger partial charge in [-0.25, -0.2) is 0 Å². The first-order valence-electron chi connectivity index (χ1n) is 17.3. The molecule has 0 radical (unpaired) electrons. The quantitative estimate of drug-likeness (QED) is 0.133. The average Bonchev–Trinajstić information content (AvgIpc) is 3.82. The molecule has 1 saturated carbocycles. The summed E-state index contributed by atoms with van der Waals surface area (Å²) < 4.78 is 5.48. The Bertz CT molecular complexity index is 2200. The molecule has 270 valence electrons. The summed E-state index contributed by atoms with van der Waals surface area (Å²) in [6, 6.07) is 20.9. The van der Waals surface area contributed by atoms with E-state index in [-0.39, 0.29) is 42.0 Å². The van der Waals surface area contributed by atoms with Crippen molar-refractivity contribution in [2.75, 3.05) is 12.5 Å². The van der Waals surface area contributed by atoms with Gasteiger partial charge in [-0.05, 0) is 78.1 Å². The van der Waals surface area contributed by atoms with E-state index in [1.807, 2.05) is 29.7 Å². The third kappa shape index (κ3) is 5.41. The highest BCUT2D eigenvalue weighted by Crippen LogP contribution is 2.65. The van der Waals surface area contributed by atoms with E-state index in [0.29, 0.717) is 39.6 Å². The number of carbonyl (C=O) groups is 4. The van der Waals surface area contributed by atoms with Crippen LogP contribution < -0.4 is 10.2 Å². The van der Waals surface area contributed by atoms with Gasteiger partial charge in [0.25, 0.3) is 11.8 Å². The number of hydrazine groups is 1. The van der Waals surface area contributed by atoms with Gasteiger partial charge in [-0.15, -0.1) is 17.9 Å². The number of amides is 4. The van der Waals surface area contributed by atoms with Gasteiger partial charge in [-0.1, -0.05) is 77.3 Å². The Hall–Kier alpha value is -4.90. The van der Waals surface area contributed by atoms with Crippen LogP contribution in [0.5, 0.6) is 11.5 Å². The van der Waals surface area contributed by atoms with E-state index in [2.05, 4.69) is 12.0 Å². The fourth-order valence-corrected chi connectivity index (χ4v) is 10.3. The van der Waals surface area contributed by atoms with Gasteiger partial charge < -0.3 is 9.84 Å². The van der Waals surface area contributed by atoms with Crippen LogP contribution in [0.3, 0.4) is 0 Å². The summed E-state index contributed by atoms with van der Waals surface area (Å²) in [7, 11) is 1.55. The molecule has 1 aromatic heterocycles. The molecule has 0 spiro atoms. The van der Waals surface area contributed by atoms with Crippen molar-refractivity contribution in [2.45, 2.75) is 37.1 Å². The number of rotatable bonds is 9. The molecule has 0 bridgehead atoms. The predicted octanol–water partition coefficient (Wildman–Crippen LogP) is 7.68. The van der Waals surface area contributed by atoms with Crippen LogP contribution in [-0.2, 0) is 37.6 Å². The van der Waals surface area contributed by atoms with Crippen molar-refractivity contribution in [2.24, 2.45) is 23.7 Å². The van der Waals surface area contributed by atoms with Gasteiger partial charge in [0, 0.05) is 21.4 Å². The highest BCUT2D eigenvalue weighted by Gasteiger charge is 2.70. The van der Waals surface area contributed by atoms with Crippen LogP contribution in [0.1, 0.15) is 40.3 Å². The molecule has 6 unspecified atom stereocenters. The zero-order valence-corrected chi connectivity index (χ0v) is 31.0. The molecule has 2 saturated heterocycles. The highest BCUT2D eigenvalue weighted by atomic mass is 35.5. The standard InChI is InChI=1S/C41H35Cl2N3O6S/c1-3-6-22-7-4-9-29(36(22)47)35-27-15-16-28-34(39(50)45(37(28)48)21-26-8-5-18-53-26)30(27)20-31-38(49)46(44-33-17-12-24(42)19-32(33)43)40(51)41(31,35)23-10-13-25(52-2)14-11-23/h3-5,7-15,17-19,28,30-31,34-35,44,47H,1,6,16,20-21H2,2H3. The second-order valence-electron chi connectivity index (χ2n) is 13.9. The van der Waals surface area contributed by atoms with Crippen molar-refractivity contribution >= 4 is 63.9 Å². The number of phenolic OH excluding ortho intramolecular Hbond substituents is 1. The molecule has 3 heterocycles. The number of benzene rings is 3. The summed E-state index contributed by atoms with van der Waals surface area (Å²) in [4.78, 5) is 61.0. The fraction of sp³-hybridized carbons (Fsp3) is 0.268. The second-order valence-corrected chi connectivity index (χ2v) is 15.8. The first-order valence-corrected chi connectivity index (χ1v) is 19.0. The number of carbonyl (C=O) groups excluding carboxylic acids is 4. The minimum absolute atomic E-state index is 0.0201. The molecule has 9 nitrogen and oxygen atoms in total. The molecule has 2 N–H and O–H groups in total. The first-order chi connectivity index (χ1) is 25.6. The van der Waals surface area contributed by atoms with Crippen LogP contribution >= 0.6 is 34.5 Å². The van der Waals surface area contributed by atoms with E-state index >= 15 is 4.79 Å². The molecule has 2 aliphatic heterocycles. The number of anilines is 1. The summed E-state index contributed by atoms with van der Waals surface area (Å²) >= 11 is 14.2. The predicted molar refractivity (Wildman–Crippen MR) is 203 cm³/mol. The lowest BCUT2D eigenvalue weighted by atomic mass is 9.49. The number of nitrogens with zero attached hydrogens (tertiary/aromatic N) is 2. The lowest BCUT2D eigenvalue weighted by molar-refractivity contribution is -0.141. The number of para-hydroxylation sites is 1. The number of phenols is 1. The molecule has 4 amide bonds.